The molecule has 2 rings (SSSR count). The summed E-state index contributed by atoms with van der Waals surface area (Å²) >= 11 is 6.16. The molecule has 0 spiro atoms. The van der Waals surface area contributed by atoms with Gasteiger partial charge in [-0.15, -0.1) is 0 Å². The Morgan fingerprint density at radius 2 is 2.07 bits per heavy atom. The van der Waals surface area contributed by atoms with Gasteiger partial charge in [0.05, 0.1) is 30.5 Å². The minimum atomic E-state index is -0.469. The highest BCUT2D eigenvalue weighted by atomic mass is 35.5. The molecular weight excluding hydrogens is 370 g/mol. The second kappa shape index (κ2) is 10.0. The molecule has 0 heterocycles. The minimum Gasteiger partial charge on any atom is -0.491 e. The Kier molecular flexibility index (Phi) is 7.47. The highest BCUT2D eigenvalue weighted by Crippen LogP contribution is 2.35. The molecule has 2 aromatic rings. The molecule has 140 valence electrons. The highest BCUT2D eigenvalue weighted by Gasteiger charge is 2.11. The number of methoxy groups -OCH3 is 1. The smallest absolute Gasteiger partial charge is 0.277 e. The van der Waals surface area contributed by atoms with Crippen LogP contribution in [0, 0.1) is 11.3 Å². The third-order valence-corrected chi connectivity index (χ3v) is 3.59. The molecule has 0 aromatic heterocycles. The molecule has 27 heavy (non-hydrogen) atoms. The van der Waals surface area contributed by atoms with E-state index in [0.717, 1.165) is 0 Å². The molecule has 0 aliphatic carbocycles. The zero-order chi connectivity index (χ0) is 19.6. The van der Waals surface area contributed by atoms with Gasteiger partial charge in [0.15, 0.2) is 18.1 Å². The first-order valence-electron chi connectivity index (χ1n) is 8.03. The lowest BCUT2D eigenvalue weighted by Gasteiger charge is -2.11. The summed E-state index contributed by atoms with van der Waals surface area (Å²) in [5, 5.41) is 13.2. The number of hydrogen-bond acceptors (Lipinski definition) is 6. The molecule has 0 radical (unpaired) electrons. The molecule has 0 bridgehead atoms. The summed E-state index contributed by atoms with van der Waals surface area (Å²) in [5.41, 5.74) is 3.32. The Bertz CT molecular complexity index is 878. The van der Waals surface area contributed by atoms with Crippen LogP contribution in [0.3, 0.4) is 0 Å². The molecule has 0 unspecified atom stereocenters. The zero-order valence-electron chi connectivity index (χ0n) is 14.9. The lowest BCUT2D eigenvalue weighted by Crippen LogP contribution is -2.24. The maximum Gasteiger partial charge on any atom is 0.277 e. The topological polar surface area (TPSA) is 92.9 Å². The molecule has 1 N–H and O–H groups in total. The third kappa shape index (κ3) is 5.62. The third-order valence-electron chi connectivity index (χ3n) is 3.30. The van der Waals surface area contributed by atoms with Gasteiger partial charge in [-0.1, -0.05) is 23.7 Å². The van der Waals surface area contributed by atoms with Crippen LogP contribution in [0.5, 0.6) is 17.2 Å². The van der Waals surface area contributed by atoms with Crippen LogP contribution in [0.15, 0.2) is 41.5 Å². The Hall–Kier alpha value is -3.24. The predicted octanol–water partition coefficient (Wildman–Crippen LogP) is 3.15. The van der Waals surface area contributed by atoms with E-state index in [2.05, 4.69) is 10.5 Å². The zero-order valence-corrected chi connectivity index (χ0v) is 15.6. The van der Waals surface area contributed by atoms with Crippen molar-refractivity contribution < 1.29 is 19.0 Å². The van der Waals surface area contributed by atoms with Crippen LogP contribution >= 0.6 is 11.6 Å². The molecule has 2 aromatic carbocycles. The summed E-state index contributed by atoms with van der Waals surface area (Å²) in [6.45, 7) is 2.02. The molecule has 0 atom stereocenters. The van der Waals surface area contributed by atoms with Crippen molar-refractivity contribution in [2.75, 3.05) is 20.3 Å². The normalized spacial score (nSPS) is 10.3. The van der Waals surface area contributed by atoms with Gasteiger partial charge >= 0.3 is 0 Å². The van der Waals surface area contributed by atoms with Gasteiger partial charge in [-0.3, -0.25) is 4.79 Å². The van der Waals surface area contributed by atoms with E-state index in [1.54, 1.807) is 36.4 Å². The summed E-state index contributed by atoms with van der Waals surface area (Å²) in [5.74, 6) is 0.784. The molecule has 1 amide bonds. The average Bonchev–Trinajstić information content (AvgIpc) is 2.67. The maximum absolute atomic E-state index is 11.8. The fraction of sp³-hybridized carbons (Fsp3) is 0.211. The number of carbonyl (C=O) groups is 1. The van der Waals surface area contributed by atoms with Crippen molar-refractivity contribution >= 4 is 23.7 Å². The number of nitriles is 1. The Morgan fingerprint density at radius 3 is 2.78 bits per heavy atom. The van der Waals surface area contributed by atoms with Crippen molar-refractivity contribution in [3.05, 3.63) is 52.5 Å². The monoisotopic (exact) mass is 387 g/mol. The number of benzene rings is 2. The van der Waals surface area contributed by atoms with E-state index in [-0.39, 0.29) is 6.61 Å². The van der Waals surface area contributed by atoms with Gasteiger partial charge in [-0.2, -0.15) is 10.4 Å². The summed E-state index contributed by atoms with van der Waals surface area (Å²) in [4.78, 5) is 11.8. The van der Waals surface area contributed by atoms with Crippen molar-refractivity contribution in [3.63, 3.8) is 0 Å². The summed E-state index contributed by atoms with van der Waals surface area (Å²) in [7, 11) is 1.50. The largest absolute Gasteiger partial charge is 0.491 e. The lowest BCUT2D eigenvalue weighted by atomic mass is 10.2. The van der Waals surface area contributed by atoms with Crippen LogP contribution in [0.2, 0.25) is 5.02 Å². The predicted molar refractivity (Wildman–Crippen MR) is 102 cm³/mol. The number of hydrogen-bond donors (Lipinski definition) is 1. The summed E-state index contributed by atoms with van der Waals surface area (Å²) in [6, 6.07) is 12.0. The van der Waals surface area contributed by atoms with Gasteiger partial charge in [-0.25, -0.2) is 5.43 Å². The molecule has 8 heteroatoms. The number of halogens is 1. The fourth-order valence-corrected chi connectivity index (χ4v) is 2.46. The van der Waals surface area contributed by atoms with E-state index in [4.69, 9.17) is 31.1 Å². The second-order valence-corrected chi connectivity index (χ2v) is 5.56. The Morgan fingerprint density at radius 1 is 1.30 bits per heavy atom. The quantitative estimate of drug-likeness (QED) is 0.554. The van der Waals surface area contributed by atoms with Crippen molar-refractivity contribution in [3.8, 4) is 23.3 Å². The number of nitrogens with zero attached hydrogens (tertiary/aromatic N) is 2. The van der Waals surface area contributed by atoms with Gasteiger partial charge in [-0.05, 0) is 36.8 Å². The molecule has 0 saturated heterocycles. The van der Waals surface area contributed by atoms with Gasteiger partial charge < -0.3 is 14.2 Å². The first-order valence-corrected chi connectivity index (χ1v) is 8.41. The van der Waals surface area contributed by atoms with Crippen LogP contribution in [0.1, 0.15) is 18.1 Å². The van der Waals surface area contributed by atoms with Crippen molar-refractivity contribution in [1.82, 2.24) is 5.43 Å². The maximum atomic E-state index is 11.8. The molecule has 0 aliphatic rings. The number of carbonyl (C=O) groups excluding carboxylic acids is 1. The number of nitrogens with one attached hydrogen (secondary N) is 1. The van der Waals surface area contributed by atoms with Crippen LogP contribution < -0.4 is 19.6 Å². The number of para-hydroxylation sites is 1. The number of amides is 1. The number of rotatable bonds is 8. The summed E-state index contributed by atoms with van der Waals surface area (Å²) in [6.07, 6.45) is 1.43. The van der Waals surface area contributed by atoms with Gasteiger partial charge in [0.25, 0.3) is 5.91 Å². The van der Waals surface area contributed by atoms with Gasteiger partial charge in [0.1, 0.15) is 11.8 Å². The molecule has 0 fully saturated rings. The molecule has 7 nitrogen and oxygen atoms in total. The first-order chi connectivity index (χ1) is 13.1. The van der Waals surface area contributed by atoms with E-state index in [9.17, 15) is 4.79 Å². The minimum absolute atomic E-state index is 0.274. The van der Waals surface area contributed by atoms with Crippen LogP contribution in [0.25, 0.3) is 0 Å². The van der Waals surface area contributed by atoms with E-state index >= 15 is 0 Å². The first kappa shape index (κ1) is 20.1. The van der Waals surface area contributed by atoms with Crippen LogP contribution in [-0.4, -0.2) is 32.4 Å². The average molecular weight is 388 g/mol. The van der Waals surface area contributed by atoms with E-state index in [1.165, 1.54) is 13.3 Å². The van der Waals surface area contributed by atoms with Crippen LogP contribution in [-0.2, 0) is 4.79 Å². The van der Waals surface area contributed by atoms with Crippen molar-refractivity contribution in [2.45, 2.75) is 6.92 Å². The molecule has 0 aliphatic heterocycles. The number of hydrazone groups is 1. The van der Waals surface area contributed by atoms with E-state index in [1.807, 2.05) is 13.0 Å². The van der Waals surface area contributed by atoms with Gasteiger partial charge in [0.2, 0.25) is 0 Å². The summed E-state index contributed by atoms with van der Waals surface area (Å²) < 4.78 is 16.0. The molecule has 0 saturated carbocycles. The van der Waals surface area contributed by atoms with E-state index in [0.29, 0.717) is 40.0 Å². The lowest BCUT2D eigenvalue weighted by molar-refractivity contribution is -0.123. The highest BCUT2D eigenvalue weighted by molar-refractivity contribution is 6.32. The van der Waals surface area contributed by atoms with E-state index < -0.39 is 5.91 Å². The fourth-order valence-electron chi connectivity index (χ4n) is 2.16. The standard InChI is InChI=1S/C19H18ClN3O4/c1-3-26-17-9-13(8-15(20)19(17)25-2)11-22-23-18(24)12-27-16-7-5-4-6-14(16)10-21/h4-9,11H,3,12H2,1-2H3,(H,23,24)/b22-11-. The second-order valence-electron chi connectivity index (χ2n) is 5.16. The van der Waals surface area contributed by atoms with Crippen molar-refractivity contribution in [1.29, 1.82) is 5.26 Å². The van der Waals surface area contributed by atoms with Gasteiger partial charge in [0, 0.05) is 0 Å². The Balaban J connectivity index is 1.96. The number of ether oxygens (including phenoxy) is 3. The molecular formula is C19H18ClN3O4. The SMILES string of the molecule is CCOc1cc(/C=N\NC(=O)COc2ccccc2C#N)cc(Cl)c1OC. The van der Waals surface area contributed by atoms with Crippen molar-refractivity contribution in [2.24, 2.45) is 5.10 Å². The van der Waals surface area contributed by atoms with Crippen LogP contribution in [0.4, 0.5) is 0 Å². The Labute approximate surface area is 162 Å².